The van der Waals surface area contributed by atoms with Crippen molar-refractivity contribution in [3.8, 4) is 0 Å². The van der Waals surface area contributed by atoms with Crippen LogP contribution < -0.4 is 5.32 Å². The quantitative estimate of drug-likeness (QED) is 0.680. The first-order valence-electron chi connectivity index (χ1n) is 6.09. The molecule has 0 unspecified atom stereocenters. The monoisotopic (exact) mass is 249 g/mol. The van der Waals surface area contributed by atoms with Crippen LogP contribution in [0, 0.1) is 6.92 Å². The molecule has 0 saturated carbocycles. The lowest BCUT2D eigenvalue weighted by molar-refractivity contribution is 0.146. The highest BCUT2D eigenvalue weighted by Gasteiger charge is 2.04. The van der Waals surface area contributed by atoms with Crippen LogP contribution in [0.5, 0.6) is 0 Å². The highest BCUT2D eigenvalue weighted by Crippen LogP contribution is 1.93. The Balaban J connectivity index is 1.60. The van der Waals surface area contributed by atoms with Gasteiger partial charge in [0.25, 0.3) is 0 Å². The van der Waals surface area contributed by atoms with Gasteiger partial charge in [0.1, 0.15) is 0 Å². The fraction of sp³-hybridized carbons (Fsp3) is 0.500. The molecule has 2 N–H and O–H groups in total. The normalized spacial score (nSPS) is 12.8. The molecule has 2 aromatic rings. The maximum absolute atomic E-state index is 9.78. The molecule has 0 aliphatic rings. The van der Waals surface area contributed by atoms with E-state index < -0.39 is 6.10 Å². The summed E-state index contributed by atoms with van der Waals surface area (Å²) in [6.45, 7) is 4.69. The van der Waals surface area contributed by atoms with E-state index in [0.29, 0.717) is 13.1 Å². The fourth-order valence-electron chi connectivity index (χ4n) is 1.74. The summed E-state index contributed by atoms with van der Waals surface area (Å²) in [5.41, 5.74) is 1.16. The second-order valence-corrected chi connectivity index (χ2v) is 4.37. The van der Waals surface area contributed by atoms with Crippen LogP contribution in [0.25, 0.3) is 0 Å². The number of aromatic nitrogens is 4. The summed E-state index contributed by atoms with van der Waals surface area (Å²) in [4.78, 5) is 0. The topological polar surface area (TPSA) is 67.9 Å². The second kappa shape index (κ2) is 6.32. The average Bonchev–Trinajstić information content (AvgIpc) is 2.96. The Morgan fingerprint density at radius 2 is 2.28 bits per heavy atom. The van der Waals surface area contributed by atoms with Gasteiger partial charge in [0.05, 0.1) is 25.4 Å². The predicted octanol–water partition coefficient (Wildman–Crippen LogP) is 0.0387. The van der Waals surface area contributed by atoms with Crippen molar-refractivity contribution < 1.29 is 5.11 Å². The van der Waals surface area contributed by atoms with Crippen molar-refractivity contribution in [2.75, 3.05) is 13.1 Å². The fourth-order valence-corrected chi connectivity index (χ4v) is 1.74. The molecule has 18 heavy (non-hydrogen) atoms. The maximum atomic E-state index is 9.78. The number of rotatable bonds is 7. The van der Waals surface area contributed by atoms with Crippen LogP contribution in [0.1, 0.15) is 5.56 Å². The molecule has 0 aliphatic heterocycles. The molecule has 0 saturated heterocycles. The van der Waals surface area contributed by atoms with Gasteiger partial charge in [0, 0.05) is 31.7 Å². The van der Waals surface area contributed by atoms with Gasteiger partial charge in [-0.2, -0.15) is 10.2 Å². The van der Waals surface area contributed by atoms with Crippen LogP contribution in [0.3, 0.4) is 0 Å². The van der Waals surface area contributed by atoms with Gasteiger partial charge in [-0.15, -0.1) is 0 Å². The Labute approximate surface area is 106 Å². The van der Waals surface area contributed by atoms with Crippen molar-refractivity contribution >= 4 is 0 Å². The number of hydrogen-bond acceptors (Lipinski definition) is 4. The summed E-state index contributed by atoms with van der Waals surface area (Å²) < 4.78 is 3.62. The van der Waals surface area contributed by atoms with Gasteiger partial charge in [-0.05, 0) is 18.6 Å². The molecule has 0 aromatic carbocycles. The average molecular weight is 249 g/mol. The lowest BCUT2D eigenvalue weighted by Crippen LogP contribution is -2.32. The third-order valence-corrected chi connectivity index (χ3v) is 2.62. The molecule has 98 valence electrons. The molecule has 0 aliphatic carbocycles. The summed E-state index contributed by atoms with van der Waals surface area (Å²) in [6.07, 6.45) is 6.97. The van der Waals surface area contributed by atoms with Crippen molar-refractivity contribution in [1.29, 1.82) is 0 Å². The minimum atomic E-state index is -0.427. The van der Waals surface area contributed by atoms with Gasteiger partial charge in [0.2, 0.25) is 0 Å². The molecular weight excluding hydrogens is 230 g/mol. The van der Waals surface area contributed by atoms with Gasteiger partial charge in [-0.25, -0.2) is 0 Å². The van der Waals surface area contributed by atoms with Crippen LogP contribution in [-0.2, 0) is 13.1 Å². The van der Waals surface area contributed by atoms with Crippen LogP contribution in [0.2, 0.25) is 0 Å². The standard InChI is InChI=1S/C12H19N5O/c1-11-7-15-17(9-11)6-4-13-8-12(18)10-16-5-2-3-14-16/h2-3,5,7,9,12-13,18H,4,6,8,10H2,1H3/t12-/m0/s1. The predicted molar refractivity (Wildman–Crippen MR) is 68.1 cm³/mol. The lowest BCUT2D eigenvalue weighted by atomic mass is 10.3. The highest BCUT2D eigenvalue weighted by molar-refractivity contribution is 4.99. The van der Waals surface area contributed by atoms with Crippen LogP contribution in [0.4, 0.5) is 0 Å². The molecule has 6 heteroatoms. The van der Waals surface area contributed by atoms with Crippen molar-refractivity contribution in [3.63, 3.8) is 0 Å². The number of hydrogen-bond donors (Lipinski definition) is 2. The molecule has 0 amide bonds. The highest BCUT2D eigenvalue weighted by atomic mass is 16.3. The molecule has 0 fully saturated rings. The van der Waals surface area contributed by atoms with Gasteiger partial charge < -0.3 is 10.4 Å². The molecule has 2 heterocycles. The number of nitrogens with one attached hydrogen (secondary N) is 1. The van der Waals surface area contributed by atoms with E-state index in [1.165, 1.54) is 0 Å². The number of aryl methyl sites for hydroxylation is 1. The van der Waals surface area contributed by atoms with Crippen molar-refractivity contribution in [3.05, 3.63) is 36.4 Å². The first-order valence-corrected chi connectivity index (χ1v) is 6.09. The van der Waals surface area contributed by atoms with Gasteiger partial charge in [-0.3, -0.25) is 9.36 Å². The first kappa shape index (κ1) is 12.8. The zero-order valence-corrected chi connectivity index (χ0v) is 10.5. The minimum absolute atomic E-state index is 0.427. The summed E-state index contributed by atoms with van der Waals surface area (Å²) in [6, 6.07) is 1.85. The summed E-state index contributed by atoms with van der Waals surface area (Å²) in [7, 11) is 0. The SMILES string of the molecule is Cc1cnn(CCNC[C@H](O)Cn2cccn2)c1. The summed E-state index contributed by atoms with van der Waals surface area (Å²) >= 11 is 0. The van der Waals surface area contributed by atoms with E-state index in [1.54, 1.807) is 10.9 Å². The molecule has 2 aromatic heterocycles. The second-order valence-electron chi connectivity index (χ2n) is 4.37. The zero-order valence-electron chi connectivity index (χ0n) is 10.5. The van der Waals surface area contributed by atoms with E-state index >= 15 is 0 Å². The summed E-state index contributed by atoms with van der Waals surface area (Å²) in [5.74, 6) is 0. The Morgan fingerprint density at radius 1 is 1.39 bits per heavy atom. The Kier molecular flexibility index (Phi) is 4.49. The van der Waals surface area contributed by atoms with E-state index in [4.69, 9.17) is 0 Å². The molecule has 0 radical (unpaired) electrons. The van der Waals surface area contributed by atoms with E-state index in [-0.39, 0.29) is 0 Å². The number of aliphatic hydroxyl groups is 1. The third kappa shape index (κ3) is 3.97. The van der Waals surface area contributed by atoms with Gasteiger partial charge in [-0.1, -0.05) is 0 Å². The third-order valence-electron chi connectivity index (χ3n) is 2.62. The van der Waals surface area contributed by atoms with Crippen molar-refractivity contribution in [2.24, 2.45) is 0 Å². The van der Waals surface area contributed by atoms with E-state index in [1.807, 2.05) is 36.3 Å². The molecular formula is C12H19N5O. The molecule has 1 atom stereocenters. The van der Waals surface area contributed by atoms with Crippen LogP contribution >= 0.6 is 0 Å². The van der Waals surface area contributed by atoms with Crippen LogP contribution in [0.15, 0.2) is 30.9 Å². The van der Waals surface area contributed by atoms with E-state index in [9.17, 15) is 5.11 Å². The lowest BCUT2D eigenvalue weighted by Gasteiger charge is -2.11. The van der Waals surface area contributed by atoms with E-state index in [2.05, 4.69) is 15.5 Å². The molecule has 2 rings (SSSR count). The molecule has 0 spiro atoms. The Morgan fingerprint density at radius 3 is 2.94 bits per heavy atom. The Bertz CT molecular complexity index is 451. The van der Waals surface area contributed by atoms with Crippen LogP contribution in [-0.4, -0.2) is 43.9 Å². The minimum Gasteiger partial charge on any atom is -0.390 e. The molecule has 0 bridgehead atoms. The summed E-state index contributed by atoms with van der Waals surface area (Å²) in [5, 5.41) is 21.2. The van der Waals surface area contributed by atoms with Gasteiger partial charge in [0.15, 0.2) is 0 Å². The largest absolute Gasteiger partial charge is 0.390 e. The van der Waals surface area contributed by atoms with Crippen molar-refractivity contribution in [2.45, 2.75) is 26.1 Å². The number of nitrogens with zero attached hydrogens (tertiary/aromatic N) is 4. The number of aliphatic hydroxyl groups excluding tert-OH is 1. The van der Waals surface area contributed by atoms with Crippen molar-refractivity contribution in [1.82, 2.24) is 24.9 Å². The Hall–Kier alpha value is -1.66. The molecule has 6 nitrogen and oxygen atoms in total. The van der Waals surface area contributed by atoms with Gasteiger partial charge >= 0.3 is 0 Å². The first-order chi connectivity index (χ1) is 8.74. The zero-order chi connectivity index (χ0) is 12.8. The maximum Gasteiger partial charge on any atom is 0.0860 e. The smallest absolute Gasteiger partial charge is 0.0860 e. The van der Waals surface area contributed by atoms with E-state index in [0.717, 1.165) is 18.7 Å².